The zero-order valence-electron chi connectivity index (χ0n) is 18.1. The van der Waals surface area contributed by atoms with Gasteiger partial charge in [0.25, 0.3) is 5.91 Å². The Morgan fingerprint density at radius 1 is 1.06 bits per heavy atom. The van der Waals surface area contributed by atoms with E-state index in [1.54, 1.807) is 0 Å². The lowest BCUT2D eigenvalue weighted by Gasteiger charge is -2.33. The first-order valence-electron chi connectivity index (χ1n) is 11.2. The molecule has 1 amide bonds. The smallest absolute Gasteiger partial charge is 0.287 e. The molecule has 0 spiro atoms. The van der Waals surface area contributed by atoms with Gasteiger partial charge in [-0.25, -0.2) is 0 Å². The Labute approximate surface area is 182 Å². The fourth-order valence-electron chi connectivity index (χ4n) is 4.65. The first kappa shape index (κ1) is 19.7. The molecule has 5 rings (SSSR count). The molecule has 1 saturated heterocycles. The van der Waals surface area contributed by atoms with Crippen LogP contribution in [0.1, 0.15) is 48.8 Å². The number of carbonyl (C=O) groups is 1. The standard InChI is InChI=1S/C27H28N2O2/c1-18-6-5-15-29(17-18)22-12-9-20(10-13-22)19(2)28-27(30)26-16-24-23-8-4-3-7-21(23)11-14-25(24)31-26/h3-4,7-14,16,18-19H,5-6,15,17H2,1-2H3,(H,28,30)/t18-,19-/m1/s1. The molecule has 1 aliphatic rings. The van der Waals surface area contributed by atoms with Gasteiger partial charge < -0.3 is 14.6 Å². The van der Waals surface area contributed by atoms with Crippen LogP contribution >= 0.6 is 0 Å². The lowest BCUT2D eigenvalue weighted by atomic mass is 9.99. The van der Waals surface area contributed by atoms with Crippen molar-refractivity contribution < 1.29 is 9.21 Å². The molecule has 2 atom stereocenters. The van der Waals surface area contributed by atoms with E-state index in [4.69, 9.17) is 4.42 Å². The number of anilines is 1. The minimum absolute atomic E-state index is 0.105. The van der Waals surface area contributed by atoms with Gasteiger partial charge in [-0.3, -0.25) is 4.79 Å². The summed E-state index contributed by atoms with van der Waals surface area (Å²) < 4.78 is 5.86. The van der Waals surface area contributed by atoms with Crippen LogP contribution in [-0.4, -0.2) is 19.0 Å². The average molecular weight is 413 g/mol. The van der Waals surface area contributed by atoms with Gasteiger partial charge in [-0.05, 0) is 66.3 Å². The van der Waals surface area contributed by atoms with E-state index in [1.165, 1.54) is 18.5 Å². The largest absolute Gasteiger partial charge is 0.451 e. The minimum atomic E-state index is -0.193. The number of furan rings is 1. The van der Waals surface area contributed by atoms with Gasteiger partial charge in [0.1, 0.15) is 5.58 Å². The molecular weight excluding hydrogens is 384 g/mol. The fraction of sp³-hybridized carbons (Fsp3) is 0.296. The molecule has 0 aliphatic carbocycles. The van der Waals surface area contributed by atoms with Crippen LogP contribution in [0.5, 0.6) is 0 Å². The highest BCUT2D eigenvalue weighted by molar-refractivity contribution is 6.08. The molecule has 2 heterocycles. The van der Waals surface area contributed by atoms with Gasteiger partial charge in [0.2, 0.25) is 0 Å². The summed E-state index contributed by atoms with van der Waals surface area (Å²) in [5, 5.41) is 6.28. The summed E-state index contributed by atoms with van der Waals surface area (Å²) in [6, 6.07) is 22.4. The first-order chi connectivity index (χ1) is 15.1. The van der Waals surface area contributed by atoms with Crippen molar-refractivity contribution in [2.45, 2.75) is 32.7 Å². The molecule has 0 bridgehead atoms. The van der Waals surface area contributed by atoms with Gasteiger partial charge >= 0.3 is 0 Å². The number of rotatable bonds is 4. The molecule has 0 unspecified atom stereocenters. The van der Waals surface area contributed by atoms with E-state index in [-0.39, 0.29) is 11.9 Å². The number of benzene rings is 3. The quantitative estimate of drug-likeness (QED) is 0.427. The maximum absolute atomic E-state index is 12.9. The van der Waals surface area contributed by atoms with E-state index in [2.05, 4.69) is 53.5 Å². The van der Waals surface area contributed by atoms with E-state index in [0.29, 0.717) is 5.76 Å². The zero-order valence-corrected chi connectivity index (χ0v) is 18.1. The van der Waals surface area contributed by atoms with Crippen LogP contribution in [0.3, 0.4) is 0 Å². The Kier molecular flexibility index (Phi) is 5.14. The van der Waals surface area contributed by atoms with Crippen molar-refractivity contribution in [1.29, 1.82) is 0 Å². The summed E-state index contributed by atoms with van der Waals surface area (Å²) in [7, 11) is 0. The average Bonchev–Trinajstić information content (AvgIpc) is 3.24. The van der Waals surface area contributed by atoms with Gasteiger partial charge in [-0.15, -0.1) is 0 Å². The molecule has 0 radical (unpaired) electrons. The molecule has 4 heteroatoms. The van der Waals surface area contributed by atoms with Gasteiger partial charge in [0.15, 0.2) is 5.76 Å². The van der Waals surface area contributed by atoms with E-state index >= 15 is 0 Å². The maximum atomic E-state index is 12.9. The zero-order chi connectivity index (χ0) is 21.4. The van der Waals surface area contributed by atoms with Crippen LogP contribution in [0.4, 0.5) is 5.69 Å². The number of nitrogens with zero attached hydrogens (tertiary/aromatic N) is 1. The monoisotopic (exact) mass is 412 g/mol. The Bertz CT molecular complexity index is 1230. The Morgan fingerprint density at radius 3 is 2.68 bits per heavy atom. The Morgan fingerprint density at radius 2 is 1.87 bits per heavy atom. The topological polar surface area (TPSA) is 45.5 Å². The van der Waals surface area contributed by atoms with Gasteiger partial charge in [0.05, 0.1) is 6.04 Å². The number of fused-ring (bicyclic) bond motifs is 3. The molecule has 31 heavy (non-hydrogen) atoms. The summed E-state index contributed by atoms with van der Waals surface area (Å²) in [6.07, 6.45) is 2.57. The van der Waals surface area contributed by atoms with E-state index in [1.807, 2.05) is 37.3 Å². The van der Waals surface area contributed by atoms with Gasteiger partial charge in [-0.2, -0.15) is 0 Å². The highest BCUT2D eigenvalue weighted by Gasteiger charge is 2.19. The van der Waals surface area contributed by atoms with Crippen molar-refractivity contribution >= 4 is 33.3 Å². The van der Waals surface area contributed by atoms with Crippen LogP contribution in [0.2, 0.25) is 0 Å². The molecule has 4 nitrogen and oxygen atoms in total. The number of hydrogen-bond acceptors (Lipinski definition) is 3. The van der Waals surface area contributed by atoms with Crippen molar-refractivity contribution in [1.82, 2.24) is 5.32 Å². The number of piperidine rings is 1. The first-order valence-corrected chi connectivity index (χ1v) is 11.2. The van der Waals surface area contributed by atoms with Crippen molar-refractivity contribution in [3.8, 4) is 0 Å². The number of hydrogen-bond donors (Lipinski definition) is 1. The molecule has 1 aliphatic heterocycles. The maximum Gasteiger partial charge on any atom is 0.287 e. The highest BCUT2D eigenvalue weighted by Crippen LogP contribution is 2.29. The van der Waals surface area contributed by atoms with Gasteiger partial charge in [-0.1, -0.05) is 49.4 Å². The van der Waals surface area contributed by atoms with E-state index < -0.39 is 0 Å². The summed E-state index contributed by atoms with van der Waals surface area (Å²) >= 11 is 0. The lowest BCUT2D eigenvalue weighted by molar-refractivity contribution is 0.0914. The molecule has 1 fully saturated rings. The minimum Gasteiger partial charge on any atom is -0.451 e. The fourth-order valence-corrected chi connectivity index (χ4v) is 4.65. The van der Waals surface area contributed by atoms with Crippen molar-refractivity contribution in [3.05, 3.63) is 78.1 Å². The van der Waals surface area contributed by atoms with Crippen LogP contribution in [-0.2, 0) is 0 Å². The van der Waals surface area contributed by atoms with Crippen molar-refractivity contribution in [3.63, 3.8) is 0 Å². The second kappa shape index (κ2) is 8.10. The molecule has 1 N–H and O–H groups in total. The van der Waals surface area contributed by atoms with E-state index in [9.17, 15) is 4.79 Å². The summed E-state index contributed by atoms with van der Waals surface area (Å²) in [5.74, 6) is 0.895. The summed E-state index contributed by atoms with van der Waals surface area (Å²) in [5.41, 5.74) is 3.08. The molecule has 158 valence electrons. The lowest BCUT2D eigenvalue weighted by Crippen LogP contribution is -2.34. The van der Waals surface area contributed by atoms with Crippen LogP contribution in [0, 0.1) is 5.92 Å². The second-order valence-electron chi connectivity index (χ2n) is 8.79. The summed E-state index contributed by atoms with van der Waals surface area (Å²) in [4.78, 5) is 15.3. The molecule has 4 aromatic rings. The normalized spacial score (nSPS) is 17.7. The van der Waals surface area contributed by atoms with Crippen molar-refractivity contribution in [2.75, 3.05) is 18.0 Å². The number of carbonyl (C=O) groups excluding carboxylic acids is 1. The molecule has 3 aromatic carbocycles. The molecule has 1 aromatic heterocycles. The van der Waals surface area contributed by atoms with Crippen LogP contribution in [0.25, 0.3) is 21.7 Å². The van der Waals surface area contributed by atoms with Crippen LogP contribution in [0.15, 0.2) is 71.1 Å². The second-order valence-corrected chi connectivity index (χ2v) is 8.79. The summed E-state index contributed by atoms with van der Waals surface area (Å²) in [6.45, 7) is 6.57. The van der Waals surface area contributed by atoms with Gasteiger partial charge in [0, 0.05) is 24.2 Å². The van der Waals surface area contributed by atoms with Crippen molar-refractivity contribution in [2.24, 2.45) is 5.92 Å². The number of nitrogens with one attached hydrogen (secondary N) is 1. The third-order valence-electron chi connectivity index (χ3n) is 6.41. The third kappa shape index (κ3) is 3.90. The Balaban J connectivity index is 1.31. The molecule has 0 saturated carbocycles. The highest BCUT2D eigenvalue weighted by atomic mass is 16.3. The molecular formula is C27H28N2O2. The SMILES string of the molecule is C[C@@H]1CCCN(c2ccc([C@@H](C)NC(=O)c3cc4c(ccc5ccccc54)o3)cc2)C1. The third-order valence-corrected chi connectivity index (χ3v) is 6.41. The Hall–Kier alpha value is -3.27. The number of amides is 1. The predicted octanol–water partition coefficient (Wildman–Crippen LogP) is 6.31. The van der Waals surface area contributed by atoms with Crippen LogP contribution < -0.4 is 10.2 Å². The van der Waals surface area contributed by atoms with E-state index in [0.717, 1.165) is 46.3 Å². The predicted molar refractivity (Wildman–Crippen MR) is 127 cm³/mol.